The smallest absolute Gasteiger partial charge is 0.0898 e. The van der Waals surface area contributed by atoms with Gasteiger partial charge in [-0.15, -0.1) is 11.3 Å². The first-order chi connectivity index (χ1) is 7.66. The van der Waals surface area contributed by atoms with Crippen molar-refractivity contribution in [3.05, 3.63) is 45.1 Å². The first-order valence-corrected chi connectivity index (χ1v) is 6.18. The predicted molar refractivity (Wildman–Crippen MR) is 66.7 cm³/mol. The highest BCUT2D eigenvalue weighted by Gasteiger charge is 2.12. The fraction of sp³-hybridized carbons (Fsp3) is 0.273. The third-order valence-electron chi connectivity index (χ3n) is 2.31. The average Bonchev–Trinajstić information content (AvgIpc) is 2.68. The van der Waals surface area contributed by atoms with E-state index in [9.17, 15) is 0 Å². The summed E-state index contributed by atoms with van der Waals surface area (Å²) in [6.45, 7) is 1.97. The van der Waals surface area contributed by atoms with Gasteiger partial charge in [0.15, 0.2) is 0 Å². The summed E-state index contributed by atoms with van der Waals surface area (Å²) in [7, 11) is 0. The summed E-state index contributed by atoms with van der Waals surface area (Å²) in [4.78, 5) is 8.31. The van der Waals surface area contributed by atoms with Crippen molar-refractivity contribution in [3.8, 4) is 0 Å². The van der Waals surface area contributed by atoms with Gasteiger partial charge in [-0.05, 0) is 25.0 Å². The average molecular weight is 254 g/mol. The molecule has 1 atom stereocenters. The topological polar surface area (TPSA) is 51.8 Å². The number of hydrogen-bond acceptors (Lipinski definition) is 4. The van der Waals surface area contributed by atoms with Crippen LogP contribution in [0.15, 0.2) is 23.8 Å². The van der Waals surface area contributed by atoms with Crippen LogP contribution < -0.4 is 5.73 Å². The van der Waals surface area contributed by atoms with Crippen molar-refractivity contribution in [3.63, 3.8) is 0 Å². The SMILES string of the molecule is Cc1nc(C(N)Cc2ccncc2Cl)cs1. The molecule has 0 radical (unpaired) electrons. The van der Waals surface area contributed by atoms with E-state index in [1.807, 2.05) is 18.4 Å². The van der Waals surface area contributed by atoms with Crippen LogP contribution in [0.4, 0.5) is 0 Å². The number of nitrogens with two attached hydrogens (primary N) is 1. The summed E-state index contributed by atoms with van der Waals surface area (Å²) in [5, 5.41) is 3.69. The van der Waals surface area contributed by atoms with Crippen LogP contribution in [-0.4, -0.2) is 9.97 Å². The maximum Gasteiger partial charge on any atom is 0.0898 e. The Morgan fingerprint density at radius 2 is 2.38 bits per heavy atom. The van der Waals surface area contributed by atoms with Crippen LogP contribution in [0.5, 0.6) is 0 Å². The number of nitrogens with zero attached hydrogens (tertiary/aromatic N) is 2. The second kappa shape index (κ2) is 4.91. The standard InChI is InChI=1S/C11H12ClN3S/c1-7-15-11(6-16-7)10(13)4-8-2-3-14-5-9(8)12/h2-3,5-6,10H,4,13H2,1H3. The van der Waals surface area contributed by atoms with Gasteiger partial charge in [0.25, 0.3) is 0 Å². The molecular formula is C11H12ClN3S. The van der Waals surface area contributed by atoms with Gasteiger partial charge in [0, 0.05) is 17.8 Å². The van der Waals surface area contributed by atoms with E-state index < -0.39 is 0 Å². The molecule has 0 aliphatic heterocycles. The molecule has 0 bridgehead atoms. The van der Waals surface area contributed by atoms with E-state index in [1.165, 1.54) is 0 Å². The molecule has 2 heterocycles. The van der Waals surface area contributed by atoms with Crippen molar-refractivity contribution in [1.82, 2.24) is 9.97 Å². The Bertz CT molecular complexity index is 484. The van der Waals surface area contributed by atoms with E-state index in [1.54, 1.807) is 23.7 Å². The van der Waals surface area contributed by atoms with Crippen LogP contribution in [0.25, 0.3) is 0 Å². The van der Waals surface area contributed by atoms with Gasteiger partial charge in [-0.25, -0.2) is 4.98 Å². The van der Waals surface area contributed by atoms with Gasteiger partial charge in [-0.2, -0.15) is 0 Å². The number of aromatic nitrogens is 2. The fourth-order valence-electron chi connectivity index (χ4n) is 1.46. The molecule has 0 aliphatic carbocycles. The third kappa shape index (κ3) is 2.58. The molecule has 0 saturated carbocycles. The van der Waals surface area contributed by atoms with Crippen LogP contribution in [0, 0.1) is 6.92 Å². The van der Waals surface area contributed by atoms with Gasteiger partial charge >= 0.3 is 0 Å². The van der Waals surface area contributed by atoms with Crippen molar-refractivity contribution < 1.29 is 0 Å². The summed E-state index contributed by atoms with van der Waals surface area (Å²) in [6.07, 6.45) is 4.04. The van der Waals surface area contributed by atoms with Gasteiger partial charge in [-0.3, -0.25) is 4.98 Å². The number of thiazole rings is 1. The summed E-state index contributed by atoms with van der Waals surface area (Å²) in [6, 6.07) is 1.78. The van der Waals surface area contributed by atoms with Gasteiger partial charge < -0.3 is 5.73 Å². The van der Waals surface area contributed by atoms with Gasteiger partial charge in [0.1, 0.15) is 0 Å². The quantitative estimate of drug-likeness (QED) is 0.915. The minimum atomic E-state index is -0.107. The molecule has 5 heteroatoms. The number of rotatable bonds is 3. The van der Waals surface area contributed by atoms with Crippen LogP contribution in [0.1, 0.15) is 22.3 Å². The lowest BCUT2D eigenvalue weighted by molar-refractivity contribution is 0.699. The Labute approximate surface area is 103 Å². The zero-order valence-corrected chi connectivity index (χ0v) is 10.4. The Morgan fingerprint density at radius 1 is 1.56 bits per heavy atom. The lowest BCUT2D eigenvalue weighted by atomic mass is 10.1. The molecule has 84 valence electrons. The zero-order chi connectivity index (χ0) is 11.5. The molecule has 3 nitrogen and oxygen atoms in total. The first-order valence-electron chi connectivity index (χ1n) is 4.93. The molecule has 0 fully saturated rings. The van der Waals surface area contributed by atoms with Crippen molar-refractivity contribution in [1.29, 1.82) is 0 Å². The summed E-state index contributed by atoms with van der Waals surface area (Å²) >= 11 is 7.64. The molecule has 2 N–H and O–H groups in total. The molecule has 0 aliphatic rings. The molecule has 1 unspecified atom stereocenters. The van der Waals surface area contributed by atoms with E-state index in [4.69, 9.17) is 17.3 Å². The Hall–Kier alpha value is -0.970. The second-order valence-electron chi connectivity index (χ2n) is 3.57. The van der Waals surface area contributed by atoms with E-state index in [0.29, 0.717) is 11.4 Å². The molecule has 0 spiro atoms. The highest BCUT2D eigenvalue weighted by molar-refractivity contribution is 7.09. The largest absolute Gasteiger partial charge is 0.322 e. The fourth-order valence-corrected chi connectivity index (χ4v) is 2.33. The minimum Gasteiger partial charge on any atom is -0.322 e. The van der Waals surface area contributed by atoms with Crippen LogP contribution in [0.2, 0.25) is 5.02 Å². The van der Waals surface area contributed by atoms with Crippen molar-refractivity contribution in [2.45, 2.75) is 19.4 Å². The van der Waals surface area contributed by atoms with Crippen molar-refractivity contribution in [2.75, 3.05) is 0 Å². The summed E-state index contributed by atoms with van der Waals surface area (Å²) in [5.74, 6) is 0. The lowest BCUT2D eigenvalue weighted by Crippen LogP contribution is -2.14. The Balaban J connectivity index is 2.13. The van der Waals surface area contributed by atoms with E-state index in [0.717, 1.165) is 16.3 Å². The molecule has 2 aromatic rings. The molecule has 2 aromatic heterocycles. The van der Waals surface area contributed by atoms with Crippen molar-refractivity contribution in [2.24, 2.45) is 5.73 Å². The highest BCUT2D eigenvalue weighted by Crippen LogP contribution is 2.22. The van der Waals surface area contributed by atoms with Crippen LogP contribution in [0.3, 0.4) is 0 Å². The van der Waals surface area contributed by atoms with Gasteiger partial charge in [0.2, 0.25) is 0 Å². The van der Waals surface area contributed by atoms with Crippen LogP contribution in [-0.2, 0) is 6.42 Å². The van der Waals surface area contributed by atoms with Crippen LogP contribution >= 0.6 is 22.9 Å². The monoisotopic (exact) mass is 253 g/mol. The normalized spacial score (nSPS) is 12.7. The predicted octanol–water partition coefficient (Wildman–Crippen LogP) is 2.74. The third-order valence-corrected chi connectivity index (χ3v) is 3.45. The van der Waals surface area contributed by atoms with E-state index in [-0.39, 0.29) is 6.04 Å². The number of aryl methyl sites for hydroxylation is 1. The molecular weight excluding hydrogens is 242 g/mol. The molecule has 16 heavy (non-hydrogen) atoms. The van der Waals surface area contributed by atoms with Crippen molar-refractivity contribution >= 4 is 22.9 Å². The Morgan fingerprint density at radius 3 is 3.00 bits per heavy atom. The molecule has 0 amide bonds. The lowest BCUT2D eigenvalue weighted by Gasteiger charge is -2.09. The second-order valence-corrected chi connectivity index (χ2v) is 5.04. The summed E-state index contributed by atoms with van der Waals surface area (Å²) in [5.41, 5.74) is 8.01. The Kier molecular flexibility index (Phi) is 3.53. The van der Waals surface area contributed by atoms with Gasteiger partial charge in [-0.1, -0.05) is 11.6 Å². The molecule has 0 aromatic carbocycles. The summed E-state index contributed by atoms with van der Waals surface area (Å²) < 4.78 is 0. The molecule has 2 rings (SSSR count). The number of halogens is 1. The van der Waals surface area contributed by atoms with E-state index >= 15 is 0 Å². The maximum atomic E-state index is 6.07. The van der Waals surface area contributed by atoms with E-state index in [2.05, 4.69) is 9.97 Å². The molecule has 0 saturated heterocycles. The first kappa shape index (κ1) is 11.5. The highest BCUT2D eigenvalue weighted by atomic mass is 35.5. The number of pyridine rings is 1. The maximum absolute atomic E-state index is 6.07. The number of hydrogen-bond donors (Lipinski definition) is 1. The van der Waals surface area contributed by atoms with Gasteiger partial charge in [0.05, 0.1) is 21.8 Å². The minimum absolute atomic E-state index is 0.107. The zero-order valence-electron chi connectivity index (χ0n) is 8.85.